The summed E-state index contributed by atoms with van der Waals surface area (Å²) in [5.41, 5.74) is 1.36. The van der Waals surface area contributed by atoms with Gasteiger partial charge < -0.3 is 20.7 Å². The molecule has 0 aliphatic carbocycles. The molecule has 0 aliphatic rings. The van der Waals surface area contributed by atoms with Gasteiger partial charge in [-0.1, -0.05) is 38.2 Å². The minimum Gasteiger partial charge on any atom is -0.444 e. The summed E-state index contributed by atoms with van der Waals surface area (Å²) >= 11 is 1.39. The number of anilines is 1. The molecule has 8 nitrogen and oxygen atoms in total. The number of aromatic nitrogens is 1. The van der Waals surface area contributed by atoms with Crippen molar-refractivity contribution in [1.82, 2.24) is 15.6 Å². The lowest BCUT2D eigenvalue weighted by molar-refractivity contribution is -0.126. The summed E-state index contributed by atoms with van der Waals surface area (Å²) in [6.07, 6.45) is 0.234. The molecule has 1 aromatic carbocycles. The zero-order chi connectivity index (χ0) is 22.5. The van der Waals surface area contributed by atoms with Crippen LogP contribution in [0.4, 0.5) is 9.93 Å². The first-order valence-corrected chi connectivity index (χ1v) is 10.8. The highest BCUT2D eigenvalue weighted by Gasteiger charge is 2.25. The monoisotopic (exact) mass is 434 g/mol. The van der Waals surface area contributed by atoms with Gasteiger partial charge in [0, 0.05) is 0 Å². The van der Waals surface area contributed by atoms with Gasteiger partial charge in [0.15, 0.2) is 5.13 Å². The lowest BCUT2D eigenvalue weighted by atomic mass is 10.0. The zero-order valence-corrected chi connectivity index (χ0v) is 19.1. The van der Waals surface area contributed by atoms with Crippen LogP contribution < -0.4 is 16.0 Å². The maximum Gasteiger partial charge on any atom is 0.408 e. The number of thiazole rings is 1. The minimum atomic E-state index is -0.767. The smallest absolute Gasteiger partial charge is 0.408 e. The third-order valence-corrected chi connectivity index (χ3v) is 5.08. The molecular formula is C21H30N4O4S. The summed E-state index contributed by atoms with van der Waals surface area (Å²) < 4.78 is 6.09. The van der Waals surface area contributed by atoms with Gasteiger partial charge in [0.25, 0.3) is 0 Å². The van der Waals surface area contributed by atoms with Crippen LogP contribution in [0.25, 0.3) is 10.2 Å². The second-order valence-electron chi connectivity index (χ2n) is 8.31. The molecule has 0 radical (unpaired) electrons. The van der Waals surface area contributed by atoms with E-state index in [1.165, 1.54) is 16.9 Å². The number of fused-ring (bicyclic) bond motifs is 1. The van der Waals surface area contributed by atoms with Crippen LogP contribution in [0.3, 0.4) is 0 Å². The van der Waals surface area contributed by atoms with Crippen LogP contribution >= 0.6 is 11.3 Å². The van der Waals surface area contributed by atoms with E-state index in [2.05, 4.69) is 33.9 Å². The van der Waals surface area contributed by atoms with Crippen LogP contribution in [0.2, 0.25) is 0 Å². The fraction of sp³-hybridized carbons (Fsp3) is 0.524. The Hall–Kier alpha value is -2.68. The fourth-order valence-electron chi connectivity index (χ4n) is 2.65. The Morgan fingerprint density at radius 3 is 2.50 bits per heavy atom. The van der Waals surface area contributed by atoms with E-state index in [1.54, 1.807) is 20.8 Å². The van der Waals surface area contributed by atoms with Crippen LogP contribution in [0.15, 0.2) is 18.2 Å². The molecule has 1 aromatic heterocycles. The summed E-state index contributed by atoms with van der Waals surface area (Å²) in [5.74, 6) is -0.992. The lowest BCUT2D eigenvalue weighted by Crippen LogP contribution is -2.50. The molecule has 3 N–H and O–H groups in total. The highest BCUT2D eigenvalue weighted by atomic mass is 32.1. The number of ether oxygens (including phenoxy) is 1. The number of carbonyl (C=O) groups is 3. The van der Waals surface area contributed by atoms with Crippen molar-refractivity contribution in [3.63, 3.8) is 0 Å². The highest BCUT2D eigenvalue weighted by Crippen LogP contribution is 2.27. The molecule has 1 heterocycles. The average molecular weight is 435 g/mol. The van der Waals surface area contributed by atoms with Gasteiger partial charge in [0.05, 0.1) is 10.2 Å². The van der Waals surface area contributed by atoms with Crippen molar-refractivity contribution in [2.45, 2.75) is 59.6 Å². The first-order chi connectivity index (χ1) is 14.0. The molecule has 1 atom stereocenters. The lowest BCUT2D eigenvalue weighted by Gasteiger charge is -2.22. The number of nitrogens with zero attached hydrogens (tertiary/aromatic N) is 1. The van der Waals surface area contributed by atoms with E-state index in [-0.39, 0.29) is 18.4 Å². The van der Waals surface area contributed by atoms with E-state index < -0.39 is 23.6 Å². The van der Waals surface area contributed by atoms with Gasteiger partial charge in [-0.2, -0.15) is 0 Å². The van der Waals surface area contributed by atoms with Gasteiger partial charge in [-0.3, -0.25) is 9.59 Å². The highest BCUT2D eigenvalue weighted by molar-refractivity contribution is 7.22. The van der Waals surface area contributed by atoms with Gasteiger partial charge in [0.1, 0.15) is 18.2 Å². The molecule has 0 saturated heterocycles. The van der Waals surface area contributed by atoms with Crippen LogP contribution in [0.1, 0.15) is 47.1 Å². The quantitative estimate of drug-likeness (QED) is 0.618. The Morgan fingerprint density at radius 2 is 1.90 bits per heavy atom. The molecule has 2 rings (SSSR count). The van der Waals surface area contributed by atoms with Crippen molar-refractivity contribution >= 4 is 44.6 Å². The van der Waals surface area contributed by atoms with Crippen molar-refractivity contribution < 1.29 is 19.1 Å². The molecular weight excluding hydrogens is 404 g/mol. The molecule has 0 saturated carbocycles. The van der Waals surface area contributed by atoms with Gasteiger partial charge in [-0.25, -0.2) is 9.78 Å². The Kier molecular flexibility index (Phi) is 7.77. The summed E-state index contributed by atoms with van der Waals surface area (Å²) in [7, 11) is 0. The number of carbonyl (C=O) groups excluding carboxylic acids is 3. The van der Waals surface area contributed by atoms with Crippen LogP contribution in [0, 0.1) is 5.92 Å². The normalized spacial score (nSPS) is 12.5. The van der Waals surface area contributed by atoms with Crippen molar-refractivity contribution in [3.05, 3.63) is 23.8 Å². The number of nitrogens with one attached hydrogen (secondary N) is 3. The van der Waals surface area contributed by atoms with Crippen LogP contribution in [-0.2, 0) is 20.7 Å². The van der Waals surface area contributed by atoms with E-state index in [0.29, 0.717) is 5.13 Å². The van der Waals surface area contributed by atoms with Gasteiger partial charge >= 0.3 is 6.09 Å². The minimum absolute atomic E-state index is 0.156. The van der Waals surface area contributed by atoms with E-state index in [0.717, 1.165) is 16.6 Å². The molecule has 0 bridgehead atoms. The maximum atomic E-state index is 12.7. The number of amides is 3. The van der Waals surface area contributed by atoms with Gasteiger partial charge in [0.2, 0.25) is 11.8 Å². The van der Waals surface area contributed by atoms with Crippen molar-refractivity contribution in [1.29, 1.82) is 0 Å². The molecule has 9 heteroatoms. The standard InChI is InChI=1S/C21H30N4O4S/c1-7-13-8-9-14-15(10-13)30-19(23-14)25-18(27)17(12(2)3)24-16(26)11-22-20(28)29-21(4,5)6/h8-10,12,17H,7,11H2,1-6H3,(H,22,28)(H,24,26)(H,23,25,27). The molecule has 0 spiro atoms. The Morgan fingerprint density at radius 1 is 1.20 bits per heavy atom. The maximum absolute atomic E-state index is 12.7. The van der Waals surface area contributed by atoms with Crippen molar-refractivity contribution in [2.75, 3.05) is 11.9 Å². The number of aryl methyl sites for hydroxylation is 1. The molecule has 30 heavy (non-hydrogen) atoms. The third kappa shape index (κ3) is 6.98. The van der Waals surface area contributed by atoms with E-state index in [4.69, 9.17) is 4.74 Å². The molecule has 164 valence electrons. The van der Waals surface area contributed by atoms with E-state index in [9.17, 15) is 14.4 Å². The second-order valence-corrected chi connectivity index (χ2v) is 9.34. The average Bonchev–Trinajstić information content (AvgIpc) is 3.03. The largest absolute Gasteiger partial charge is 0.444 e. The number of benzene rings is 1. The Balaban J connectivity index is 1.97. The summed E-state index contributed by atoms with van der Waals surface area (Å²) in [5, 5.41) is 8.32. The Bertz CT molecular complexity index is 917. The van der Waals surface area contributed by atoms with Crippen LogP contribution in [0.5, 0.6) is 0 Å². The summed E-state index contributed by atoms with van der Waals surface area (Å²) in [6.45, 7) is 10.7. The first kappa shape index (κ1) is 23.6. The Labute approximate surface area is 180 Å². The fourth-order valence-corrected chi connectivity index (χ4v) is 3.58. The predicted octanol–water partition coefficient (Wildman–Crippen LogP) is 3.46. The van der Waals surface area contributed by atoms with Gasteiger partial charge in [-0.15, -0.1) is 0 Å². The SMILES string of the molecule is CCc1ccc2nc(NC(=O)C(NC(=O)CNC(=O)OC(C)(C)C)C(C)C)sc2c1. The van der Waals surface area contributed by atoms with E-state index >= 15 is 0 Å². The number of rotatable bonds is 7. The number of hydrogen-bond donors (Lipinski definition) is 3. The topological polar surface area (TPSA) is 109 Å². The predicted molar refractivity (Wildman–Crippen MR) is 119 cm³/mol. The van der Waals surface area contributed by atoms with Crippen molar-refractivity contribution in [2.24, 2.45) is 5.92 Å². The third-order valence-electron chi connectivity index (χ3n) is 4.15. The van der Waals surface area contributed by atoms with Crippen molar-refractivity contribution in [3.8, 4) is 0 Å². The zero-order valence-electron chi connectivity index (χ0n) is 18.3. The molecule has 3 amide bonds. The number of hydrogen-bond acceptors (Lipinski definition) is 6. The molecule has 0 fully saturated rings. The molecule has 1 unspecified atom stereocenters. The van der Waals surface area contributed by atoms with Crippen LogP contribution in [-0.4, -0.2) is 41.1 Å². The second kappa shape index (κ2) is 9.88. The number of alkyl carbamates (subject to hydrolysis) is 1. The first-order valence-electron chi connectivity index (χ1n) is 9.95. The summed E-state index contributed by atoms with van der Waals surface area (Å²) in [4.78, 5) is 41.1. The molecule has 0 aliphatic heterocycles. The van der Waals surface area contributed by atoms with E-state index in [1.807, 2.05) is 26.0 Å². The summed E-state index contributed by atoms with van der Waals surface area (Å²) in [6, 6.07) is 5.25. The molecule has 2 aromatic rings. The van der Waals surface area contributed by atoms with Gasteiger partial charge in [-0.05, 0) is 50.8 Å².